The van der Waals surface area contributed by atoms with Crippen LogP contribution in [0.3, 0.4) is 0 Å². The van der Waals surface area contributed by atoms with Crippen LogP contribution < -0.4 is 0 Å². The van der Waals surface area contributed by atoms with Gasteiger partial charge >= 0.3 is 0 Å². The molecule has 2 amide bonds. The summed E-state index contributed by atoms with van der Waals surface area (Å²) in [5, 5.41) is 9.39. The van der Waals surface area contributed by atoms with Gasteiger partial charge in [0.1, 0.15) is 0 Å². The highest BCUT2D eigenvalue weighted by Gasteiger charge is 2.47. The van der Waals surface area contributed by atoms with Crippen molar-refractivity contribution in [2.45, 2.75) is 18.9 Å². The molecule has 0 bridgehead atoms. The van der Waals surface area contributed by atoms with Crippen LogP contribution in [0.25, 0.3) is 0 Å². The fourth-order valence-electron chi connectivity index (χ4n) is 2.31. The maximum atomic E-state index is 11.9. The van der Waals surface area contributed by atoms with Crippen molar-refractivity contribution in [3.8, 4) is 0 Å². The van der Waals surface area contributed by atoms with E-state index in [2.05, 4.69) is 0 Å². The molecule has 1 heterocycles. The predicted octanol–water partition coefficient (Wildman–Crippen LogP) is 0.537. The Balaban J connectivity index is 2.11. The van der Waals surface area contributed by atoms with E-state index in [9.17, 15) is 14.7 Å². The second-order valence-corrected chi connectivity index (χ2v) is 4.56. The van der Waals surface area contributed by atoms with Crippen LogP contribution in [0.4, 0.5) is 0 Å². The lowest BCUT2D eigenvalue weighted by atomic mass is 9.85. The zero-order valence-electron chi connectivity index (χ0n) is 8.80. The van der Waals surface area contributed by atoms with Crippen molar-refractivity contribution in [3.63, 3.8) is 0 Å². The van der Waals surface area contributed by atoms with E-state index in [-0.39, 0.29) is 36.1 Å². The average Bonchev–Trinajstić information content (AvgIpc) is 2.55. The maximum Gasteiger partial charge on any atom is 0.233 e. The molecule has 1 N–H and O–H groups in total. The van der Waals surface area contributed by atoms with E-state index < -0.39 is 6.10 Å². The number of alkyl halides is 1. The monoisotopic (exact) mass is 243 g/mol. The molecule has 2 rings (SSSR count). The van der Waals surface area contributed by atoms with Crippen molar-refractivity contribution in [3.05, 3.63) is 12.2 Å². The molecule has 0 aromatic carbocycles. The minimum atomic E-state index is -0.831. The minimum Gasteiger partial charge on any atom is -0.390 e. The summed E-state index contributed by atoms with van der Waals surface area (Å²) in [4.78, 5) is 25.0. The first-order chi connectivity index (χ1) is 7.65. The number of amides is 2. The molecule has 4 nitrogen and oxygen atoms in total. The Kier molecular flexibility index (Phi) is 3.30. The Morgan fingerprint density at radius 1 is 1.31 bits per heavy atom. The minimum absolute atomic E-state index is 0.0220. The van der Waals surface area contributed by atoms with Gasteiger partial charge in [0.05, 0.1) is 30.4 Å². The molecule has 16 heavy (non-hydrogen) atoms. The lowest BCUT2D eigenvalue weighted by Crippen LogP contribution is -2.38. The lowest BCUT2D eigenvalue weighted by Gasteiger charge is -2.17. The number of β-amino-alcohol motifs (C(OH)–C–C–N with tert-alkyl or cyclic N) is 1. The largest absolute Gasteiger partial charge is 0.390 e. The van der Waals surface area contributed by atoms with Gasteiger partial charge in [-0.3, -0.25) is 14.5 Å². The number of allylic oxidation sites excluding steroid dienone is 2. The Hall–Kier alpha value is -0.870. The quantitative estimate of drug-likeness (QED) is 0.447. The summed E-state index contributed by atoms with van der Waals surface area (Å²) in [7, 11) is 0. The molecule has 1 aliphatic heterocycles. The number of nitrogens with zero attached hydrogens (tertiary/aromatic N) is 1. The third kappa shape index (κ3) is 1.87. The summed E-state index contributed by atoms with van der Waals surface area (Å²) in [6.07, 6.45) is 4.30. The first kappa shape index (κ1) is 11.6. The Labute approximate surface area is 98.9 Å². The van der Waals surface area contributed by atoms with Crippen LogP contribution in [0.2, 0.25) is 0 Å². The highest BCUT2D eigenvalue weighted by atomic mass is 35.5. The van der Waals surface area contributed by atoms with E-state index in [0.29, 0.717) is 12.8 Å². The lowest BCUT2D eigenvalue weighted by molar-refractivity contribution is -0.141. The van der Waals surface area contributed by atoms with E-state index in [1.54, 1.807) is 0 Å². The van der Waals surface area contributed by atoms with Crippen LogP contribution in [0.1, 0.15) is 12.8 Å². The summed E-state index contributed by atoms with van der Waals surface area (Å²) in [6, 6.07) is 0. The van der Waals surface area contributed by atoms with Gasteiger partial charge in [0.25, 0.3) is 0 Å². The van der Waals surface area contributed by atoms with Gasteiger partial charge in [-0.05, 0) is 12.8 Å². The number of rotatable bonds is 3. The van der Waals surface area contributed by atoms with Gasteiger partial charge in [0.2, 0.25) is 11.8 Å². The molecule has 5 heteroatoms. The number of aliphatic hydroxyl groups excluding tert-OH is 1. The SMILES string of the molecule is O=C1C2CC=CCC2C(=O)N1CC(O)CCl. The number of fused-ring (bicyclic) bond motifs is 1. The van der Waals surface area contributed by atoms with Crippen molar-refractivity contribution < 1.29 is 14.7 Å². The Morgan fingerprint density at radius 3 is 2.25 bits per heavy atom. The molecule has 1 fully saturated rings. The topological polar surface area (TPSA) is 57.6 Å². The third-order valence-electron chi connectivity index (χ3n) is 3.17. The van der Waals surface area contributed by atoms with Crippen LogP contribution in [0.15, 0.2) is 12.2 Å². The molecule has 2 aliphatic rings. The maximum absolute atomic E-state index is 11.9. The van der Waals surface area contributed by atoms with Crippen LogP contribution in [0, 0.1) is 11.8 Å². The van der Waals surface area contributed by atoms with Gasteiger partial charge in [-0.15, -0.1) is 11.6 Å². The van der Waals surface area contributed by atoms with E-state index in [0.717, 1.165) is 4.90 Å². The summed E-state index contributed by atoms with van der Waals surface area (Å²) < 4.78 is 0. The molecule has 0 saturated carbocycles. The van der Waals surface area contributed by atoms with Gasteiger partial charge in [-0.25, -0.2) is 0 Å². The molecule has 3 unspecified atom stereocenters. The number of carbonyl (C=O) groups excluding carboxylic acids is 2. The summed E-state index contributed by atoms with van der Waals surface area (Å²) in [5.74, 6) is -0.739. The number of aliphatic hydroxyl groups is 1. The van der Waals surface area contributed by atoms with Gasteiger partial charge in [0.15, 0.2) is 0 Å². The zero-order valence-corrected chi connectivity index (χ0v) is 9.56. The number of carbonyl (C=O) groups is 2. The highest BCUT2D eigenvalue weighted by molar-refractivity contribution is 6.18. The van der Waals surface area contributed by atoms with Crippen LogP contribution in [-0.2, 0) is 9.59 Å². The fraction of sp³-hybridized carbons (Fsp3) is 0.636. The standard InChI is InChI=1S/C11H14ClNO3/c12-5-7(14)6-13-10(15)8-3-1-2-4-9(8)11(13)16/h1-2,7-9,14H,3-6H2. The van der Waals surface area contributed by atoms with Crippen LogP contribution in [0.5, 0.6) is 0 Å². The molecular formula is C11H14ClNO3. The van der Waals surface area contributed by atoms with Crippen molar-refractivity contribution in [2.24, 2.45) is 11.8 Å². The molecule has 0 radical (unpaired) electrons. The zero-order chi connectivity index (χ0) is 11.7. The second kappa shape index (κ2) is 4.55. The van der Waals surface area contributed by atoms with E-state index in [1.165, 1.54) is 0 Å². The van der Waals surface area contributed by atoms with E-state index >= 15 is 0 Å². The van der Waals surface area contributed by atoms with Gasteiger partial charge < -0.3 is 5.11 Å². The van der Waals surface area contributed by atoms with Crippen molar-refractivity contribution in [2.75, 3.05) is 12.4 Å². The normalized spacial score (nSPS) is 30.8. The van der Waals surface area contributed by atoms with Gasteiger partial charge in [-0.1, -0.05) is 12.2 Å². The summed E-state index contributed by atoms with van der Waals surface area (Å²) in [6.45, 7) is 0.0220. The second-order valence-electron chi connectivity index (χ2n) is 4.25. The van der Waals surface area contributed by atoms with Crippen LogP contribution >= 0.6 is 11.6 Å². The smallest absolute Gasteiger partial charge is 0.233 e. The third-order valence-corrected chi connectivity index (χ3v) is 3.53. The summed E-state index contributed by atoms with van der Waals surface area (Å²) >= 11 is 5.47. The van der Waals surface area contributed by atoms with Crippen molar-refractivity contribution >= 4 is 23.4 Å². The number of hydrogen-bond donors (Lipinski definition) is 1. The number of imide groups is 1. The first-order valence-electron chi connectivity index (χ1n) is 5.39. The van der Waals surface area contributed by atoms with Crippen LogP contribution in [-0.4, -0.2) is 40.3 Å². The molecule has 0 spiro atoms. The molecule has 1 saturated heterocycles. The average molecular weight is 244 g/mol. The number of halogens is 1. The van der Waals surface area contributed by atoms with Gasteiger partial charge in [-0.2, -0.15) is 0 Å². The van der Waals surface area contributed by atoms with Gasteiger partial charge in [0, 0.05) is 0 Å². The molecule has 0 aromatic heterocycles. The van der Waals surface area contributed by atoms with Crippen molar-refractivity contribution in [1.29, 1.82) is 0 Å². The Bertz CT molecular complexity index is 316. The molecule has 3 atom stereocenters. The van der Waals surface area contributed by atoms with Crippen molar-refractivity contribution in [1.82, 2.24) is 4.90 Å². The molecule has 1 aliphatic carbocycles. The van der Waals surface area contributed by atoms with E-state index in [4.69, 9.17) is 11.6 Å². The molecule has 0 aromatic rings. The number of hydrogen-bond acceptors (Lipinski definition) is 3. The summed E-state index contributed by atoms with van der Waals surface area (Å²) in [5.41, 5.74) is 0. The molecule has 88 valence electrons. The fourth-order valence-corrected chi connectivity index (χ4v) is 2.41. The predicted molar refractivity (Wildman–Crippen MR) is 58.8 cm³/mol. The highest BCUT2D eigenvalue weighted by Crippen LogP contribution is 2.34. The Morgan fingerprint density at radius 2 is 1.81 bits per heavy atom. The van der Waals surface area contributed by atoms with E-state index in [1.807, 2.05) is 12.2 Å². The first-order valence-corrected chi connectivity index (χ1v) is 5.93. The number of likely N-dealkylation sites (tertiary alicyclic amines) is 1. The molecular weight excluding hydrogens is 230 g/mol.